The van der Waals surface area contributed by atoms with Crippen molar-refractivity contribution in [1.82, 2.24) is 9.55 Å². The third kappa shape index (κ3) is 1.70. The Morgan fingerprint density at radius 3 is 2.15 bits per heavy atom. The molecule has 1 rings (SSSR count). The number of nitrogens with zero attached hydrogens (tertiary/aromatic N) is 1. The Morgan fingerprint density at radius 2 is 1.85 bits per heavy atom. The Morgan fingerprint density at radius 1 is 1.31 bits per heavy atom. The molecule has 0 atom stereocenters. The number of nitrogens with one attached hydrogen (secondary N) is 1. The minimum atomic E-state index is 0.219. The highest BCUT2D eigenvalue weighted by molar-refractivity contribution is 7.71. The number of rotatable bonds is 4. The van der Waals surface area contributed by atoms with Gasteiger partial charge >= 0.3 is 0 Å². The van der Waals surface area contributed by atoms with Gasteiger partial charge in [0.2, 0.25) is 0 Å². The second-order valence-electron chi connectivity index (χ2n) is 3.42. The van der Waals surface area contributed by atoms with Crippen molar-refractivity contribution in [3.63, 3.8) is 0 Å². The molecular weight excluding hydrogens is 180 g/mol. The molecule has 0 aromatic carbocycles. The van der Waals surface area contributed by atoms with E-state index in [2.05, 4.69) is 36.5 Å². The molecule has 0 radical (unpaired) electrons. The van der Waals surface area contributed by atoms with Crippen molar-refractivity contribution < 1.29 is 0 Å². The van der Waals surface area contributed by atoms with Crippen LogP contribution in [0.15, 0.2) is 12.4 Å². The van der Waals surface area contributed by atoms with Crippen LogP contribution in [0.4, 0.5) is 0 Å². The summed E-state index contributed by atoms with van der Waals surface area (Å²) in [6.07, 6.45) is 7.36. The van der Waals surface area contributed by atoms with Crippen LogP contribution in [0.5, 0.6) is 0 Å². The van der Waals surface area contributed by atoms with Gasteiger partial charge < -0.3 is 9.55 Å². The summed E-state index contributed by atoms with van der Waals surface area (Å²) in [4.78, 5) is 3.05. The highest BCUT2D eigenvalue weighted by Crippen LogP contribution is 2.28. The Hall–Kier alpha value is -0.570. The van der Waals surface area contributed by atoms with E-state index in [1.165, 1.54) is 0 Å². The summed E-state index contributed by atoms with van der Waals surface area (Å²) in [6.45, 7) is 6.67. The van der Waals surface area contributed by atoms with Crippen LogP contribution in [0.1, 0.15) is 40.0 Å². The summed E-state index contributed by atoms with van der Waals surface area (Å²) in [7, 11) is 0. The average Bonchev–Trinajstić information content (AvgIpc) is 2.57. The van der Waals surface area contributed by atoms with Crippen molar-refractivity contribution >= 4 is 12.2 Å². The molecule has 0 saturated carbocycles. The van der Waals surface area contributed by atoms with E-state index < -0.39 is 0 Å². The maximum atomic E-state index is 5.24. The van der Waals surface area contributed by atoms with Crippen molar-refractivity contribution in [2.24, 2.45) is 0 Å². The smallest absolute Gasteiger partial charge is 0.177 e. The monoisotopic (exact) mass is 198 g/mol. The van der Waals surface area contributed by atoms with Gasteiger partial charge in [-0.3, -0.25) is 0 Å². The normalized spacial score (nSPS) is 11.9. The summed E-state index contributed by atoms with van der Waals surface area (Å²) in [6, 6.07) is 0. The largest absolute Gasteiger partial charge is 0.337 e. The summed E-state index contributed by atoms with van der Waals surface area (Å²) in [5.74, 6) is 0. The molecule has 0 saturated heterocycles. The van der Waals surface area contributed by atoms with E-state index in [0.29, 0.717) is 0 Å². The SMILES string of the molecule is CCC(CC)(CC)n1cc[nH]c1=S. The van der Waals surface area contributed by atoms with Crippen LogP contribution in [0.3, 0.4) is 0 Å². The second kappa shape index (κ2) is 4.09. The molecule has 0 aliphatic heterocycles. The van der Waals surface area contributed by atoms with E-state index in [-0.39, 0.29) is 5.54 Å². The van der Waals surface area contributed by atoms with E-state index in [1.807, 2.05) is 6.20 Å². The Balaban J connectivity index is 3.15. The van der Waals surface area contributed by atoms with Gasteiger partial charge in [-0.05, 0) is 31.5 Å². The molecular formula is C10H18N2S. The van der Waals surface area contributed by atoms with Gasteiger partial charge in [0, 0.05) is 17.9 Å². The predicted molar refractivity (Wildman–Crippen MR) is 58.5 cm³/mol. The standard InChI is InChI=1S/C10H18N2S/c1-4-10(5-2,6-3)12-8-7-11-9(12)13/h7-8H,4-6H2,1-3H3,(H,11,13). The first-order chi connectivity index (χ1) is 6.20. The minimum Gasteiger partial charge on any atom is -0.337 e. The lowest BCUT2D eigenvalue weighted by Crippen LogP contribution is -2.31. The van der Waals surface area contributed by atoms with Gasteiger partial charge in [0.1, 0.15) is 0 Å². The lowest BCUT2D eigenvalue weighted by atomic mass is 9.90. The summed E-state index contributed by atoms with van der Waals surface area (Å²) in [5, 5.41) is 0. The fraction of sp³-hybridized carbons (Fsp3) is 0.700. The molecule has 1 N–H and O–H groups in total. The zero-order valence-corrected chi connectivity index (χ0v) is 9.45. The van der Waals surface area contributed by atoms with Crippen LogP contribution in [0, 0.1) is 4.77 Å². The molecule has 3 heteroatoms. The first-order valence-corrected chi connectivity index (χ1v) is 5.37. The van der Waals surface area contributed by atoms with Crippen molar-refractivity contribution in [1.29, 1.82) is 0 Å². The van der Waals surface area contributed by atoms with E-state index in [0.717, 1.165) is 24.0 Å². The molecule has 13 heavy (non-hydrogen) atoms. The molecule has 1 heterocycles. The third-order valence-electron chi connectivity index (χ3n) is 3.13. The second-order valence-corrected chi connectivity index (χ2v) is 3.81. The van der Waals surface area contributed by atoms with Gasteiger partial charge in [-0.2, -0.15) is 0 Å². The number of imidazole rings is 1. The molecule has 0 spiro atoms. The maximum absolute atomic E-state index is 5.24. The lowest BCUT2D eigenvalue weighted by Gasteiger charge is -2.32. The van der Waals surface area contributed by atoms with Crippen molar-refractivity contribution in [3.05, 3.63) is 17.2 Å². The average molecular weight is 198 g/mol. The molecule has 1 aromatic heterocycles. The van der Waals surface area contributed by atoms with Crippen LogP contribution >= 0.6 is 12.2 Å². The van der Waals surface area contributed by atoms with E-state index >= 15 is 0 Å². The molecule has 0 bridgehead atoms. The van der Waals surface area contributed by atoms with Gasteiger partial charge in [-0.15, -0.1) is 0 Å². The molecule has 74 valence electrons. The number of hydrogen-bond acceptors (Lipinski definition) is 1. The Kier molecular flexibility index (Phi) is 3.31. The summed E-state index contributed by atoms with van der Waals surface area (Å²) < 4.78 is 3.04. The van der Waals surface area contributed by atoms with Gasteiger partial charge in [0.15, 0.2) is 4.77 Å². The molecule has 0 unspecified atom stereocenters. The summed E-state index contributed by atoms with van der Waals surface area (Å²) in [5.41, 5.74) is 0.219. The highest BCUT2D eigenvalue weighted by Gasteiger charge is 2.25. The molecule has 0 aliphatic rings. The van der Waals surface area contributed by atoms with E-state index in [1.54, 1.807) is 0 Å². The predicted octanol–water partition coefficient (Wildman–Crippen LogP) is 3.47. The van der Waals surface area contributed by atoms with Gasteiger partial charge in [0.05, 0.1) is 0 Å². The topological polar surface area (TPSA) is 20.7 Å². The quantitative estimate of drug-likeness (QED) is 0.735. The minimum absolute atomic E-state index is 0.219. The van der Waals surface area contributed by atoms with E-state index in [4.69, 9.17) is 12.2 Å². The third-order valence-corrected chi connectivity index (χ3v) is 3.45. The lowest BCUT2D eigenvalue weighted by molar-refractivity contribution is 0.247. The first kappa shape index (κ1) is 10.5. The van der Waals surface area contributed by atoms with Gasteiger partial charge in [-0.1, -0.05) is 20.8 Å². The molecule has 2 nitrogen and oxygen atoms in total. The first-order valence-electron chi connectivity index (χ1n) is 4.96. The van der Waals surface area contributed by atoms with Crippen molar-refractivity contribution in [2.75, 3.05) is 0 Å². The number of hydrogen-bond donors (Lipinski definition) is 1. The highest BCUT2D eigenvalue weighted by atomic mass is 32.1. The van der Waals surface area contributed by atoms with Crippen LogP contribution in [0.2, 0.25) is 0 Å². The zero-order chi connectivity index (χ0) is 9.90. The van der Waals surface area contributed by atoms with Crippen molar-refractivity contribution in [2.45, 2.75) is 45.6 Å². The van der Waals surface area contributed by atoms with Crippen molar-refractivity contribution in [3.8, 4) is 0 Å². The number of H-pyrrole nitrogens is 1. The fourth-order valence-electron chi connectivity index (χ4n) is 1.95. The van der Waals surface area contributed by atoms with Gasteiger partial charge in [-0.25, -0.2) is 0 Å². The maximum Gasteiger partial charge on any atom is 0.177 e. The van der Waals surface area contributed by atoms with Crippen LogP contribution in [0.25, 0.3) is 0 Å². The molecule has 0 amide bonds. The van der Waals surface area contributed by atoms with Crippen LogP contribution < -0.4 is 0 Å². The van der Waals surface area contributed by atoms with Crippen LogP contribution in [-0.2, 0) is 5.54 Å². The molecule has 1 aromatic rings. The molecule has 0 aliphatic carbocycles. The fourth-order valence-corrected chi connectivity index (χ4v) is 2.28. The zero-order valence-electron chi connectivity index (χ0n) is 8.63. The summed E-state index contributed by atoms with van der Waals surface area (Å²) >= 11 is 5.24. The number of aromatic nitrogens is 2. The number of aromatic amines is 1. The van der Waals surface area contributed by atoms with E-state index in [9.17, 15) is 0 Å². The van der Waals surface area contributed by atoms with Crippen LogP contribution in [-0.4, -0.2) is 9.55 Å². The Labute approximate surface area is 85.0 Å². The van der Waals surface area contributed by atoms with Gasteiger partial charge in [0.25, 0.3) is 0 Å². The molecule has 0 fully saturated rings. The Bertz CT molecular complexity index is 298.